The van der Waals surface area contributed by atoms with Gasteiger partial charge in [0, 0.05) is 6.04 Å². The second kappa shape index (κ2) is 10.9. The number of nitrogens with one attached hydrogen (secondary N) is 2. The van der Waals surface area contributed by atoms with Crippen LogP contribution in [-0.2, 0) is 11.2 Å². The fraction of sp³-hybridized carbons (Fsp3) is 0.480. The van der Waals surface area contributed by atoms with Crippen LogP contribution >= 0.6 is 12.4 Å². The summed E-state index contributed by atoms with van der Waals surface area (Å²) in [6.45, 7) is 1.88. The molecule has 2 aromatic rings. The van der Waals surface area contributed by atoms with Crippen molar-refractivity contribution in [3.8, 4) is 11.5 Å². The number of benzene rings is 2. The van der Waals surface area contributed by atoms with Crippen molar-refractivity contribution >= 4 is 18.3 Å². The molecular formula is C25H33ClN2O3. The van der Waals surface area contributed by atoms with Crippen LogP contribution in [0.4, 0.5) is 0 Å². The third kappa shape index (κ3) is 5.92. The van der Waals surface area contributed by atoms with Gasteiger partial charge in [-0.3, -0.25) is 4.79 Å². The fourth-order valence-corrected chi connectivity index (χ4v) is 4.32. The Kier molecular flexibility index (Phi) is 8.22. The number of rotatable bonds is 6. The van der Waals surface area contributed by atoms with E-state index in [0.717, 1.165) is 50.0 Å². The van der Waals surface area contributed by atoms with Crippen molar-refractivity contribution in [3.05, 3.63) is 59.7 Å². The first-order chi connectivity index (χ1) is 14.6. The van der Waals surface area contributed by atoms with Gasteiger partial charge in [0.1, 0.15) is 17.6 Å². The topological polar surface area (TPSA) is 59.6 Å². The van der Waals surface area contributed by atoms with Gasteiger partial charge in [0.15, 0.2) is 0 Å². The number of halogens is 1. The molecule has 0 aromatic heterocycles. The number of hydrogen-bond acceptors (Lipinski definition) is 4. The summed E-state index contributed by atoms with van der Waals surface area (Å²) in [6.07, 6.45) is 6.15. The summed E-state index contributed by atoms with van der Waals surface area (Å²) in [5.74, 6) is 1.96. The summed E-state index contributed by atoms with van der Waals surface area (Å²) in [4.78, 5) is 12.0. The molecule has 5 nitrogen and oxygen atoms in total. The third-order valence-electron chi connectivity index (χ3n) is 6.30. The van der Waals surface area contributed by atoms with Gasteiger partial charge in [-0.05, 0) is 81.8 Å². The van der Waals surface area contributed by atoms with Crippen molar-refractivity contribution in [2.75, 3.05) is 7.05 Å². The average Bonchev–Trinajstić information content (AvgIpc) is 2.80. The molecule has 0 radical (unpaired) electrons. The van der Waals surface area contributed by atoms with E-state index in [1.807, 2.05) is 25.1 Å². The zero-order valence-electron chi connectivity index (χ0n) is 18.3. The molecule has 2 N–H and O–H groups in total. The Balaban J connectivity index is 0.00000272. The number of amides is 1. The monoisotopic (exact) mass is 444 g/mol. The normalized spacial score (nSPS) is 23.5. The van der Waals surface area contributed by atoms with Gasteiger partial charge in [-0.15, -0.1) is 12.4 Å². The Hall–Kier alpha value is -2.24. The lowest BCUT2D eigenvalue weighted by Crippen LogP contribution is -2.47. The van der Waals surface area contributed by atoms with Gasteiger partial charge in [0.25, 0.3) is 0 Å². The Labute approximate surface area is 191 Å². The smallest absolute Gasteiger partial charge is 0.237 e. The van der Waals surface area contributed by atoms with Gasteiger partial charge in [0.05, 0.1) is 12.1 Å². The van der Waals surface area contributed by atoms with Crippen molar-refractivity contribution in [2.45, 2.75) is 69.7 Å². The quantitative estimate of drug-likeness (QED) is 0.684. The largest absolute Gasteiger partial charge is 0.490 e. The highest BCUT2D eigenvalue weighted by Gasteiger charge is 2.26. The van der Waals surface area contributed by atoms with Gasteiger partial charge in [-0.25, -0.2) is 0 Å². The summed E-state index contributed by atoms with van der Waals surface area (Å²) in [6, 6.07) is 16.7. The molecule has 1 saturated carbocycles. The predicted molar refractivity (Wildman–Crippen MR) is 125 cm³/mol. The molecule has 1 aliphatic carbocycles. The third-order valence-corrected chi connectivity index (χ3v) is 6.30. The van der Waals surface area contributed by atoms with Crippen molar-refractivity contribution in [1.29, 1.82) is 0 Å². The van der Waals surface area contributed by atoms with E-state index >= 15 is 0 Å². The maximum absolute atomic E-state index is 12.0. The molecule has 1 heterocycles. The summed E-state index contributed by atoms with van der Waals surface area (Å²) in [5, 5.41) is 6.12. The molecule has 1 aliphatic heterocycles. The molecule has 4 rings (SSSR count). The maximum Gasteiger partial charge on any atom is 0.237 e. The molecule has 0 spiro atoms. The van der Waals surface area contributed by atoms with Gasteiger partial charge in [0.2, 0.25) is 5.91 Å². The van der Waals surface area contributed by atoms with Crippen LogP contribution in [0.15, 0.2) is 48.5 Å². The summed E-state index contributed by atoms with van der Waals surface area (Å²) in [7, 11) is 1.81. The molecule has 2 atom stereocenters. The SMILES string of the molecule is CNC(C)C(=O)NC1CCC(Oc2ccc3c(c2)CC[C@@H](c2ccccc2)O3)CC1.Cl. The molecule has 1 fully saturated rings. The number of likely N-dealkylation sites (N-methyl/N-ethyl adjacent to an activating group) is 1. The summed E-state index contributed by atoms with van der Waals surface area (Å²) >= 11 is 0. The highest BCUT2D eigenvalue weighted by atomic mass is 35.5. The van der Waals surface area contributed by atoms with Crippen LogP contribution < -0.4 is 20.1 Å². The van der Waals surface area contributed by atoms with E-state index in [1.54, 1.807) is 7.05 Å². The first-order valence-electron chi connectivity index (χ1n) is 11.1. The number of hydrogen-bond donors (Lipinski definition) is 2. The van der Waals surface area contributed by atoms with Gasteiger partial charge < -0.3 is 20.1 Å². The number of aryl methyl sites for hydroxylation is 1. The van der Waals surface area contributed by atoms with Crippen molar-refractivity contribution in [3.63, 3.8) is 0 Å². The zero-order chi connectivity index (χ0) is 20.9. The number of fused-ring (bicyclic) bond motifs is 1. The van der Waals surface area contributed by atoms with E-state index in [0.29, 0.717) is 0 Å². The van der Waals surface area contributed by atoms with E-state index in [9.17, 15) is 4.79 Å². The molecule has 1 amide bonds. The van der Waals surface area contributed by atoms with Crippen LogP contribution in [0, 0.1) is 0 Å². The van der Waals surface area contributed by atoms with Gasteiger partial charge in [-0.1, -0.05) is 30.3 Å². The number of carbonyl (C=O) groups excluding carboxylic acids is 1. The molecule has 2 aliphatic rings. The standard InChI is InChI=1S/C25H32N2O3.ClH/c1-17(26-2)25(28)27-20-9-11-21(12-10-20)29-22-13-15-24-19(16-22)8-14-23(30-24)18-6-4-3-5-7-18;/h3-7,13,15-17,20-21,23,26H,8-12,14H2,1-2H3,(H,27,28);1H/t17?,20?,21?,23-;/m0./s1. The van der Waals surface area contributed by atoms with Gasteiger partial charge >= 0.3 is 0 Å². The van der Waals surface area contributed by atoms with E-state index in [-0.39, 0.29) is 42.6 Å². The number of carbonyl (C=O) groups is 1. The lowest BCUT2D eigenvalue weighted by molar-refractivity contribution is -0.123. The Morgan fingerprint density at radius 1 is 1.06 bits per heavy atom. The maximum atomic E-state index is 12.0. The van der Waals surface area contributed by atoms with E-state index in [1.165, 1.54) is 11.1 Å². The molecule has 0 bridgehead atoms. The molecular weight excluding hydrogens is 412 g/mol. The van der Waals surface area contributed by atoms with Crippen LogP contribution in [0.25, 0.3) is 0 Å². The predicted octanol–water partition coefficient (Wildman–Crippen LogP) is 4.59. The lowest BCUT2D eigenvalue weighted by Gasteiger charge is -2.31. The number of ether oxygens (including phenoxy) is 2. The molecule has 2 aromatic carbocycles. The second-order valence-electron chi connectivity index (χ2n) is 8.44. The fourth-order valence-electron chi connectivity index (χ4n) is 4.32. The molecule has 6 heteroatoms. The van der Waals surface area contributed by atoms with Crippen LogP contribution in [0.1, 0.15) is 56.3 Å². The van der Waals surface area contributed by atoms with Crippen LogP contribution in [-0.4, -0.2) is 31.1 Å². The van der Waals surface area contributed by atoms with E-state index in [2.05, 4.69) is 41.0 Å². The zero-order valence-corrected chi connectivity index (χ0v) is 19.1. The first-order valence-corrected chi connectivity index (χ1v) is 11.1. The minimum Gasteiger partial charge on any atom is -0.490 e. The average molecular weight is 445 g/mol. The Bertz CT molecular complexity index is 853. The van der Waals surface area contributed by atoms with E-state index in [4.69, 9.17) is 9.47 Å². The minimum atomic E-state index is -0.154. The molecule has 0 saturated heterocycles. The van der Waals surface area contributed by atoms with Crippen molar-refractivity contribution in [1.82, 2.24) is 10.6 Å². The highest BCUT2D eigenvalue weighted by molar-refractivity contribution is 5.85. The summed E-state index contributed by atoms with van der Waals surface area (Å²) in [5.41, 5.74) is 2.46. The van der Waals surface area contributed by atoms with Crippen molar-refractivity contribution < 1.29 is 14.3 Å². The first kappa shape index (κ1) is 23.4. The van der Waals surface area contributed by atoms with Crippen LogP contribution in [0.2, 0.25) is 0 Å². The summed E-state index contributed by atoms with van der Waals surface area (Å²) < 4.78 is 12.5. The van der Waals surface area contributed by atoms with E-state index < -0.39 is 0 Å². The van der Waals surface area contributed by atoms with Crippen LogP contribution in [0.5, 0.6) is 11.5 Å². The lowest BCUT2D eigenvalue weighted by atomic mass is 9.92. The second-order valence-corrected chi connectivity index (χ2v) is 8.44. The van der Waals surface area contributed by atoms with Crippen molar-refractivity contribution in [2.24, 2.45) is 0 Å². The van der Waals surface area contributed by atoms with Crippen LogP contribution in [0.3, 0.4) is 0 Å². The Morgan fingerprint density at radius 3 is 2.52 bits per heavy atom. The Morgan fingerprint density at radius 2 is 1.81 bits per heavy atom. The van der Waals surface area contributed by atoms with Gasteiger partial charge in [-0.2, -0.15) is 0 Å². The molecule has 1 unspecified atom stereocenters. The molecule has 168 valence electrons. The molecule has 31 heavy (non-hydrogen) atoms. The minimum absolute atomic E-state index is 0. The highest BCUT2D eigenvalue weighted by Crippen LogP contribution is 2.37.